The minimum atomic E-state index is -0.775. The number of carbonyl (C=O) groups excluding carboxylic acids is 3. The summed E-state index contributed by atoms with van der Waals surface area (Å²) in [5.41, 5.74) is 1.79. The van der Waals surface area contributed by atoms with E-state index in [0.29, 0.717) is 11.3 Å². The summed E-state index contributed by atoms with van der Waals surface area (Å²) < 4.78 is 5.11. The molecule has 0 saturated carbocycles. The molecule has 1 aliphatic rings. The summed E-state index contributed by atoms with van der Waals surface area (Å²) in [6.45, 7) is 1.30. The van der Waals surface area contributed by atoms with Crippen molar-refractivity contribution >= 4 is 34.1 Å². The number of ether oxygens (including phenoxy) is 1. The van der Waals surface area contributed by atoms with Crippen molar-refractivity contribution in [2.24, 2.45) is 0 Å². The first kappa shape index (κ1) is 17.7. The van der Waals surface area contributed by atoms with Crippen LogP contribution >= 0.6 is 0 Å². The second-order valence-electron chi connectivity index (χ2n) is 6.73. The molecule has 28 heavy (non-hydrogen) atoms. The molecule has 0 fully saturated rings. The first-order valence-corrected chi connectivity index (χ1v) is 8.81. The number of benzene rings is 3. The molecule has 1 aliphatic heterocycles. The SMILES string of the molecule is C[C@H]1C(=O)Nc2ccc(C(=O)COC(=O)c3cc4ccccc4cc3O)cc21. The van der Waals surface area contributed by atoms with Crippen molar-refractivity contribution < 1.29 is 24.2 Å². The highest BCUT2D eigenvalue weighted by Gasteiger charge is 2.27. The lowest BCUT2D eigenvalue weighted by molar-refractivity contribution is -0.116. The van der Waals surface area contributed by atoms with Crippen LogP contribution < -0.4 is 5.32 Å². The molecule has 6 heteroatoms. The van der Waals surface area contributed by atoms with Crippen molar-refractivity contribution in [2.45, 2.75) is 12.8 Å². The maximum Gasteiger partial charge on any atom is 0.342 e. The van der Waals surface area contributed by atoms with Gasteiger partial charge in [-0.05, 0) is 53.6 Å². The zero-order chi connectivity index (χ0) is 19.8. The first-order chi connectivity index (χ1) is 13.4. The zero-order valence-corrected chi connectivity index (χ0v) is 15.1. The fraction of sp³-hybridized carbons (Fsp3) is 0.136. The van der Waals surface area contributed by atoms with Gasteiger partial charge >= 0.3 is 5.97 Å². The van der Waals surface area contributed by atoms with Crippen LogP contribution in [0, 0.1) is 0 Å². The molecule has 4 rings (SSSR count). The predicted octanol–water partition coefficient (Wildman–Crippen LogP) is 3.64. The van der Waals surface area contributed by atoms with E-state index in [0.717, 1.165) is 16.3 Å². The third-order valence-electron chi connectivity index (χ3n) is 4.91. The molecule has 0 aromatic heterocycles. The van der Waals surface area contributed by atoms with Gasteiger partial charge in [0.05, 0.1) is 5.92 Å². The van der Waals surface area contributed by atoms with Gasteiger partial charge in [0.2, 0.25) is 5.91 Å². The number of hydrogen-bond donors (Lipinski definition) is 2. The average molecular weight is 375 g/mol. The van der Waals surface area contributed by atoms with Crippen molar-refractivity contribution in [3.63, 3.8) is 0 Å². The summed E-state index contributed by atoms with van der Waals surface area (Å²) in [6.07, 6.45) is 0. The van der Waals surface area contributed by atoms with Crippen LogP contribution in [0.1, 0.15) is 39.1 Å². The highest BCUT2D eigenvalue weighted by Crippen LogP contribution is 2.33. The van der Waals surface area contributed by atoms with E-state index in [1.165, 1.54) is 12.1 Å². The van der Waals surface area contributed by atoms with E-state index in [4.69, 9.17) is 4.74 Å². The van der Waals surface area contributed by atoms with E-state index in [2.05, 4.69) is 5.32 Å². The Bertz CT molecular complexity index is 1130. The molecule has 6 nitrogen and oxygen atoms in total. The molecule has 1 heterocycles. The normalized spacial score (nSPS) is 15.2. The molecule has 0 radical (unpaired) electrons. The molecule has 2 N–H and O–H groups in total. The zero-order valence-electron chi connectivity index (χ0n) is 15.1. The van der Waals surface area contributed by atoms with Gasteiger partial charge in [-0.3, -0.25) is 9.59 Å². The van der Waals surface area contributed by atoms with Crippen LogP contribution in [-0.2, 0) is 9.53 Å². The quantitative estimate of drug-likeness (QED) is 0.536. The van der Waals surface area contributed by atoms with Gasteiger partial charge in [-0.15, -0.1) is 0 Å². The summed E-state index contributed by atoms with van der Waals surface area (Å²) in [7, 11) is 0. The second-order valence-corrected chi connectivity index (χ2v) is 6.73. The molecule has 3 aromatic carbocycles. The maximum absolute atomic E-state index is 12.4. The predicted molar refractivity (Wildman–Crippen MR) is 104 cm³/mol. The van der Waals surface area contributed by atoms with Crippen LogP contribution in [0.3, 0.4) is 0 Å². The lowest BCUT2D eigenvalue weighted by atomic mass is 9.99. The van der Waals surface area contributed by atoms with Crippen LogP contribution in [-0.4, -0.2) is 29.4 Å². The standard InChI is InChI=1S/C22H17NO5/c1-12-16-9-15(6-7-18(16)23-21(12)26)20(25)11-28-22(27)17-8-13-4-2-3-5-14(13)10-19(17)24/h2-10,12,24H,11H2,1H3,(H,23,26)/t12-/m1/s1. The lowest BCUT2D eigenvalue weighted by Gasteiger charge is -2.09. The molecule has 1 amide bonds. The number of Topliss-reactive ketones (excluding diaryl/α,β-unsaturated/α-hetero) is 1. The molecule has 140 valence electrons. The Kier molecular flexibility index (Phi) is 4.31. The fourth-order valence-corrected chi connectivity index (χ4v) is 3.27. The highest BCUT2D eigenvalue weighted by atomic mass is 16.5. The van der Waals surface area contributed by atoms with Crippen LogP contribution in [0.2, 0.25) is 0 Å². The molecule has 0 spiro atoms. The minimum absolute atomic E-state index is 0.00359. The van der Waals surface area contributed by atoms with E-state index >= 15 is 0 Å². The van der Waals surface area contributed by atoms with E-state index < -0.39 is 12.6 Å². The number of fused-ring (bicyclic) bond motifs is 2. The smallest absolute Gasteiger partial charge is 0.342 e. The summed E-state index contributed by atoms with van der Waals surface area (Å²) in [5, 5.41) is 14.4. The van der Waals surface area contributed by atoms with Crippen molar-refractivity contribution in [3.8, 4) is 5.75 Å². The minimum Gasteiger partial charge on any atom is -0.507 e. The van der Waals surface area contributed by atoms with E-state index in [1.54, 1.807) is 25.1 Å². The number of rotatable bonds is 4. The summed E-state index contributed by atoms with van der Waals surface area (Å²) >= 11 is 0. The maximum atomic E-state index is 12.4. The van der Waals surface area contributed by atoms with Crippen molar-refractivity contribution in [2.75, 3.05) is 11.9 Å². The molecule has 1 atom stereocenters. The van der Waals surface area contributed by atoms with E-state index in [-0.39, 0.29) is 28.9 Å². The number of amides is 1. The van der Waals surface area contributed by atoms with Crippen LogP contribution in [0.25, 0.3) is 10.8 Å². The number of phenolic OH excluding ortho intramolecular Hbond substituents is 1. The average Bonchev–Trinajstić information content (AvgIpc) is 2.98. The Morgan fingerprint density at radius 3 is 2.54 bits per heavy atom. The van der Waals surface area contributed by atoms with Gasteiger partial charge < -0.3 is 15.2 Å². The molecule has 3 aromatic rings. The number of esters is 1. The highest BCUT2D eigenvalue weighted by molar-refractivity contribution is 6.05. The Hall–Kier alpha value is -3.67. The van der Waals surface area contributed by atoms with Gasteiger partial charge in [0, 0.05) is 11.3 Å². The van der Waals surface area contributed by atoms with Gasteiger partial charge in [0.15, 0.2) is 12.4 Å². The van der Waals surface area contributed by atoms with Crippen LogP contribution in [0.5, 0.6) is 5.75 Å². The van der Waals surface area contributed by atoms with E-state index in [1.807, 2.05) is 24.3 Å². The van der Waals surface area contributed by atoms with Crippen molar-refractivity contribution in [3.05, 3.63) is 71.3 Å². The molecular weight excluding hydrogens is 358 g/mol. The van der Waals surface area contributed by atoms with Crippen LogP contribution in [0.4, 0.5) is 5.69 Å². The summed E-state index contributed by atoms with van der Waals surface area (Å²) in [6, 6.07) is 15.2. The molecular formula is C22H17NO5. The van der Waals surface area contributed by atoms with Crippen LogP contribution in [0.15, 0.2) is 54.6 Å². The summed E-state index contributed by atoms with van der Waals surface area (Å²) in [5.74, 6) is -1.81. The third-order valence-corrected chi connectivity index (χ3v) is 4.91. The lowest BCUT2D eigenvalue weighted by Crippen LogP contribution is -2.14. The summed E-state index contributed by atoms with van der Waals surface area (Å²) in [4.78, 5) is 36.5. The van der Waals surface area contributed by atoms with Crippen molar-refractivity contribution in [1.82, 2.24) is 0 Å². The molecule has 0 aliphatic carbocycles. The van der Waals surface area contributed by atoms with Gasteiger partial charge in [0.25, 0.3) is 0 Å². The van der Waals surface area contributed by atoms with Gasteiger partial charge in [0.1, 0.15) is 11.3 Å². The Labute approximate surface area is 160 Å². The first-order valence-electron chi connectivity index (χ1n) is 8.81. The molecule has 0 saturated heterocycles. The van der Waals surface area contributed by atoms with Gasteiger partial charge in [-0.1, -0.05) is 24.3 Å². The molecule has 0 unspecified atom stereocenters. The van der Waals surface area contributed by atoms with Gasteiger partial charge in [-0.2, -0.15) is 0 Å². The topological polar surface area (TPSA) is 92.7 Å². The Balaban J connectivity index is 1.49. The molecule has 0 bridgehead atoms. The number of aromatic hydroxyl groups is 1. The number of hydrogen-bond acceptors (Lipinski definition) is 5. The Morgan fingerprint density at radius 1 is 1.07 bits per heavy atom. The van der Waals surface area contributed by atoms with Crippen molar-refractivity contribution in [1.29, 1.82) is 0 Å². The monoisotopic (exact) mass is 375 g/mol. The van der Waals surface area contributed by atoms with E-state index in [9.17, 15) is 19.5 Å². The Morgan fingerprint density at radius 2 is 1.79 bits per heavy atom. The number of nitrogens with one attached hydrogen (secondary N) is 1. The number of phenols is 1. The largest absolute Gasteiger partial charge is 0.507 e. The number of anilines is 1. The second kappa shape index (κ2) is 6.81. The third kappa shape index (κ3) is 3.09. The van der Waals surface area contributed by atoms with Gasteiger partial charge in [-0.25, -0.2) is 4.79 Å². The number of ketones is 1. The number of carbonyl (C=O) groups is 3. The fourth-order valence-electron chi connectivity index (χ4n) is 3.27.